The Kier molecular flexibility index (Phi) is 15.1. The topological polar surface area (TPSA) is 0 Å². The van der Waals surface area contributed by atoms with Gasteiger partial charge in [0.05, 0.1) is 0 Å². The van der Waals surface area contributed by atoms with Crippen molar-refractivity contribution in [3.05, 3.63) is 0 Å². The zero-order valence-corrected chi connectivity index (χ0v) is 13.5. The van der Waals surface area contributed by atoms with Crippen molar-refractivity contribution >= 4 is 0 Å². The fourth-order valence-corrected chi connectivity index (χ4v) is 2.91. The molecule has 0 saturated heterocycles. The first-order chi connectivity index (χ1) is 8.85. The molecule has 0 N–H and O–H groups in total. The van der Waals surface area contributed by atoms with Crippen molar-refractivity contribution in [2.45, 2.75) is 111 Å². The summed E-state index contributed by atoms with van der Waals surface area (Å²) < 4.78 is 0. The molecule has 0 aromatic carbocycles. The minimum Gasteiger partial charge on any atom is -0.0654 e. The van der Waals surface area contributed by atoms with E-state index in [4.69, 9.17) is 0 Å². The van der Waals surface area contributed by atoms with E-state index in [0.717, 1.165) is 5.92 Å². The Morgan fingerprint density at radius 1 is 0.444 bits per heavy atom. The first-order valence-corrected chi connectivity index (χ1v) is 8.85. The van der Waals surface area contributed by atoms with Crippen LogP contribution in [-0.2, 0) is 0 Å². The minimum absolute atomic E-state index is 1.04. The fourth-order valence-electron chi connectivity index (χ4n) is 2.91. The molecule has 0 aromatic heterocycles. The molecular weight excluding hydrogens is 216 g/mol. The van der Waals surface area contributed by atoms with Gasteiger partial charge in [-0.2, -0.15) is 0 Å². The van der Waals surface area contributed by atoms with Crippen LogP contribution < -0.4 is 0 Å². The van der Waals surface area contributed by atoms with Crippen LogP contribution in [-0.4, -0.2) is 0 Å². The predicted molar refractivity (Wildman–Crippen MR) is 85.2 cm³/mol. The average molecular weight is 255 g/mol. The molecule has 0 radical (unpaired) electrons. The van der Waals surface area contributed by atoms with E-state index in [0.29, 0.717) is 0 Å². The van der Waals surface area contributed by atoms with Gasteiger partial charge in [0.25, 0.3) is 0 Å². The third-order valence-electron chi connectivity index (χ3n) is 4.13. The van der Waals surface area contributed by atoms with Crippen molar-refractivity contribution in [3.8, 4) is 0 Å². The molecule has 0 saturated carbocycles. The first-order valence-electron chi connectivity index (χ1n) is 8.85. The Labute approximate surface area is 117 Å². The van der Waals surface area contributed by atoms with Gasteiger partial charge < -0.3 is 0 Å². The van der Waals surface area contributed by atoms with Gasteiger partial charge in [-0.05, 0) is 5.92 Å². The summed E-state index contributed by atoms with van der Waals surface area (Å²) in [5.74, 6) is 1.04. The summed E-state index contributed by atoms with van der Waals surface area (Å²) in [7, 11) is 0. The maximum absolute atomic E-state index is 2.35. The van der Waals surface area contributed by atoms with Crippen LogP contribution >= 0.6 is 0 Å². The zero-order chi connectivity index (χ0) is 13.5. The lowest BCUT2D eigenvalue weighted by Gasteiger charge is -2.15. The molecule has 18 heavy (non-hydrogen) atoms. The fraction of sp³-hybridized carbons (Fsp3) is 1.00. The lowest BCUT2D eigenvalue weighted by molar-refractivity contribution is 0.378. The van der Waals surface area contributed by atoms with Gasteiger partial charge in [0.15, 0.2) is 0 Å². The highest BCUT2D eigenvalue weighted by molar-refractivity contribution is 4.60. The first kappa shape index (κ1) is 18.0. The molecule has 0 unspecified atom stereocenters. The smallest absolute Gasteiger partial charge is 0.0414 e. The van der Waals surface area contributed by atoms with Crippen LogP contribution in [0.2, 0.25) is 0 Å². The van der Waals surface area contributed by atoms with E-state index in [-0.39, 0.29) is 0 Å². The Morgan fingerprint density at radius 3 is 1.28 bits per heavy atom. The van der Waals surface area contributed by atoms with E-state index in [1.54, 1.807) is 0 Å². The van der Waals surface area contributed by atoms with Gasteiger partial charge in [-0.25, -0.2) is 0 Å². The van der Waals surface area contributed by atoms with Crippen LogP contribution in [0.25, 0.3) is 0 Å². The molecule has 0 aliphatic rings. The maximum Gasteiger partial charge on any atom is -0.0414 e. The van der Waals surface area contributed by atoms with Crippen molar-refractivity contribution in [2.24, 2.45) is 5.92 Å². The van der Waals surface area contributed by atoms with E-state index in [1.807, 2.05) is 0 Å². The number of hydrogen-bond donors (Lipinski definition) is 0. The molecule has 0 spiro atoms. The van der Waals surface area contributed by atoms with Gasteiger partial charge in [-0.1, -0.05) is 111 Å². The summed E-state index contributed by atoms with van der Waals surface area (Å²) in [5.41, 5.74) is 0. The average Bonchev–Trinajstić information content (AvgIpc) is 2.38. The van der Waals surface area contributed by atoms with Crippen molar-refractivity contribution in [3.63, 3.8) is 0 Å². The summed E-state index contributed by atoms with van der Waals surface area (Å²) >= 11 is 0. The third kappa shape index (κ3) is 12.5. The predicted octanol–water partition coefficient (Wildman–Crippen LogP) is 7.12. The van der Waals surface area contributed by atoms with Gasteiger partial charge in [0.2, 0.25) is 0 Å². The van der Waals surface area contributed by atoms with E-state index >= 15 is 0 Å². The Hall–Kier alpha value is 0. The highest BCUT2D eigenvalue weighted by atomic mass is 14.1. The van der Waals surface area contributed by atoms with Gasteiger partial charge in [0.1, 0.15) is 0 Å². The standard InChI is InChI=1S/C18H38/c1-4-7-9-11-13-16-18(15-6-3)17-14-12-10-8-5-2/h18H,4-17H2,1-3H3. The van der Waals surface area contributed by atoms with E-state index in [9.17, 15) is 0 Å². The third-order valence-corrected chi connectivity index (χ3v) is 4.13. The molecule has 0 heteroatoms. The van der Waals surface area contributed by atoms with Crippen LogP contribution in [0.5, 0.6) is 0 Å². The number of hydrogen-bond acceptors (Lipinski definition) is 0. The second-order valence-electron chi connectivity index (χ2n) is 6.06. The second-order valence-corrected chi connectivity index (χ2v) is 6.06. The van der Waals surface area contributed by atoms with Gasteiger partial charge in [0, 0.05) is 0 Å². The molecule has 110 valence electrons. The monoisotopic (exact) mass is 254 g/mol. The molecule has 0 aliphatic carbocycles. The van der Waals surface area contributed by atoms with Crippen molar-refractivity contribution in [1.82, 2.24) is 0 Å². The van der Waals surface area contributed by atoms with Crippen molar-refractivity contribution < 1.29 is 0 Å². The second kappa shape index (κ2) is 15.1. The van der Waals surface area contributed by atoms with Gasteiger partial charge in [-0.3, -0.25) is 0 Å². The van der Waals surface area contributed by atoms with Crippen LogP contribution in [0.4, 0.5) is 0 Å². The minimum atomic E-state index is 1.04. The summed E-state index contributed by atoms with van der Waals surface area (Å²) in [5, 5.41) is 0. The van der Waals surface area contributed by atoms with Crippen LogP contribution in [0, 0.1) is 5.92 Å². The molecular formula is C18H38. The van der Waals surface area contributed by atoms with Crippen LogP contribution in [0.15, 0.2) is 0 Å². The molecule has 0 aromatic rings. The van der Waals surface area contributed by atoms with Crippen LogP contribution in [0.1, 0.15) is 111 Å². The highest BCUT2D eigenvalue weighted by Gasteiger charge is 2.07. The quantitative estimate of drug-likeness (QED) is 0.289. The molecule has 0 heterocycles. The summed E-state index contributed by atoms with van der Waals surface area (Å²) in [6, 6.07) is 0. The van der Waals surface area contributed by atoms with Crippen molar-refractivity contribution in [2.75, 3.05) is 0 Å². The van der Waals surface area contributed by atoms with Crippen LogP contribution in [0.3, 0.4) is 0 Å². The Morgan fingerprint density at radius 2 is 0.889 bits per heavy atom. The molecule has 0 atom stereocenters. The molecule has 0 amide bonds. The number of unbranched alkanes of at least 4 members (excludes halogenated alkanes) is 8. The summed E-state index contributed by atoms with van der Waals surface area (Å²) in [6.45, 7) is 6.95. The molecule has 0 aliphatic heterocycles. The molecule has 0 nitrogen and oxygen atoms in total. The summed E-state index contributed by atoms with van der Waals surface area (Å²) in [4.78, 5) is 0. The largest absolute Gasteiger partial charge is 0.0654 e. The number of rotatable bonds is 14. The summed E-state index contributed by atoms with van der Waals surface area (Å²) in [6.07, 6.45) is 20.3. The normalized spacial score (nSPS) is 11.3. The maximum atomic E-state index is 2.35. The zero-order valence-electron chi connectivity index (χ0n) is 13.5. The molecule has 0 rings (SSSR count). The molecule has 0 fully saturated rings. The van der Waals surface area contributed by atoms with Gasteiger partial charge >= 0.3 is 0 Å². The highest BCUT2D eigenvalue weighted by Crippen LogP contribution is 2.22. The van der Waals surface area contributed by atoms with E-state index in [1.165, 1.54) is 89.9 Å². The lowest BCUT2D eigenvalue weighted by Crippen LogP contribution is -2.00. The molecule has 0 bridgehead atoms. The Balaban J connectivity index is 3.45. The van der Waals surface area contributed by atoms with E-state index < -0.39 is 0 Å². The van der Waals surface area contributed by atoms with Gasteiger partial charge in [-0.15, -0.1) is 0 Å². The SMILES string of the molecule is CCCCCCCC(CCC)CCCCCCC. The van der Waals surface area contributed by atoms with E-state index in [2.05, 4.69) is 20.8 Å². The Bertz CT molecular complexity index is 125. The lowest BCUT2D eigenvalue weighted by atomic mass is 9.91. The van der Waals surface area contributed by atoms with Crippen molar-refractivity contribution in [1.29, 1.82) is 0 Å².